The van der Waals surface area contributed by atoms with Crippen molar-refractivity contribution in [3.8, 4) is 0 Å². The summed E-state index contributed by atoms with van der Waals surface area (Å²) in [6.07, 6.45) is -0.553. The Morgan fingerprint density at radius 2 is 1.95 bits per heavy atom. The van der Waals surface area contributed by atoms with E-state index in [2.05, 4.69) is 25.9 Å². The number of halogens is 1. The van der Waals surface area contributed by atoms with Gasteiger partial charge < -0.3 is 9.58 Å². The van der Waals surface area contributed by atoms with Crippen molar-refractivity contribution in [2.75, 3.05) is 0 Å². The number of nitrogens with zero attached hydrogens (tertiary/aromatic N) is 3. The summed E-state index contributed by atoms with van der Waals surface area (Å²) in [7, 11) is 0. The summed E-state index contributed by atoms with van der Waals surface area (Å²) in [4.78, 5) is 16.0. The van der Waals surface area contributed by atoms with Crippen molar-refractivity contribution in [2.45, 2.75) is 45.8 Å². The molecule has 1 aromatic carbocycles. The van der Waals surface area contributed by atoms with E-state index in [0.29, 0.717) is 11.2 Å². The van der Waals surface area contributed by atoms with Crippen LogP contribution >= 0.6 is 15.9 Å². The number of aromatic nitrogens is 2. The lowest BCUT2D eigenvalue weighted by Crippen LogP contribution is -2.28. The van der Waals surface area contributed by atoms with E-state index in [1.165, 1.54) is 4.68 Å². The molecule has 0 saturated carbocycles. The van der Waals surface area contributed by atoms with Gasteiger partial charge in [-0.2, -0.15) is 9.78 Å². The number of hydrogen-bond acceptors (Lipinski definition) is 3. The molecule has 0 radical (unpaired) electrons. The van der Waals surface area contributed by atoms with Gasteiger partial charge in [-0.3, -0.25) is 0 Å². The molecule has 1 aromatic heterocycles. The van der Waals surface area contributed by atoms with E-state index in [0.717, 1.165) is 9.86 Å². The smallest absolute Gasteiger partial charge is 0.435 e. The lowest BCUT2D eigenvalue weighted by Gasteiger charge is -2.19. The molecular weight excluding hydrogens is 346 g/mol. The highest BCUT2D eigenvalue weighted by Crippen LogP contribution is 2.32. The van der Waals surface area contributed by atoms with Crippen LogP contribution in [-0.4, -0.2) is 21.5 Å². The molecule has 1 heterocycles. The topological polar surface area (TPSA) is 48.5 Å². The van der Waals surface area contributed by atoms with Crippen LogP contribution in [0.15, 0.2) is 22.7 Å². The Morgan fingerprint density at radius 1 is 1.32 bits per heavy atom. The Kier molecular flexibility index (Phi) is 4.05. The first-order chi connectivity index (χ1) is 10.0. The summed E-state index contributed by atoms with van der Waals surface area (Å²) < 4.78 is 7.46. The molecule has 0 bridgehead atoms. The minimum atomic E-state index is -0.820. The van der Waals surface area contributed by atoms with Gasteiger partial charge in [0.1, 0.15) is 5.60 Å². The number of fused-ring (bicyclic) bond motifs is 1. The van der Waals surface area contributed by atoms with Gasteiger partial charge in [-0.05, 0) is 39.0 Å². The molecule has 0 fully saturated rings. The first-order valence-corrected chi connectivity index (χ1v) is 7.65. The third-order valence-electron chi connectivity index (χ3n) is 3.07. The van der Waals surface area contributed by atoms with Crippen molar-refractivity contribution in [2.24, 2.45) is 0 Å². The first kappa shape index (κ1) is 16.5. The Bertz CT molecular complexity index is 779. The van der Waals surface area contributed by atoms with Crippen molar-refractivity contribution in [1.82, 2.24) is 9.78 Å². The van der Waals surface area contributed by atoms with E-state index < -0.39 is 17.2 Å². The third-order valence-corrected chi connectivity index (χ3v) is 3.56. The molecular formula is C16H18BrN3O2. The van der Waals surface area contributed by atoms with Crippen molar-refractivity contribution >= 4 is 32.9 Å². The fourth-order valence-electron chi connectivity index (χ4n) is 2.04. The molecule has 0 aliphatic carbocycles. The largest absolute Gasteiger partial charge is 0.442 e. The summed E-state index contributed by atoms with van der Waals surface area (Å²) in [6.45, 7) is 16.3. The Labute approximate surface area is 138 Å². The summed E-state index contributed by atoms with van der Waals surface area (Å²) >= 11 is 3.40. The second kappa shape index (κ2) is 5.40. The third kappa shape index (κ3) is 3.14. The van der Waals surface area contributed by atoms with Crippen LogP contribution < -0.4 is 0 Å². The monoisotopic (exact) mass is 363 g/mol. The highest BCUT2D eigenvalue weighted by atomic mass is 79.9. The molecule has 5 nitrogen and oxygen atoms in total. The van der Waals surface area contributed by atoms with E-state index in [1.54, 1.807) is 40.7 Å². The van der Waals surface area contributed by atoms with Crippen LogP contribution in [0.4, 0.5) is 4.79 Å². The van der Waals surface area contributed by atoms with Crippen LogP contribution in [0.3, 0.4) is 0 Å². The maximum atomic E-state index is 12.4. The van der Waals surface area contributed by atoms with Gasteiger partial charge in [-0.1, -0.05) is 15.9 Å². The van der Waals surface area contributed by atoms with Gasteiger partial charge in [0.15, 0.2) is 5.69 Å². The van der Waals surface area contributed by atoms with E-state index in [4.69, 9.17) is 11.3 Å². The van der Waals surface area contributed by atoms with Gasteiger partial charge in [0.25, 0.3) is 5.54 Å². The first-order valence-electron chi connectivity index (χ1n) is 6.86. The molecule has 0 aliphatic heterocycles. The summed E-state index contributed by atoms with van der Waals surface area (Å²) in [5.41, 5.74) is -0.248. The second-order valence-electron chi connectivity index (χ2n) is 6.57. The van der Waals surface area contributed by atoms with Gasteiger partial charge in [-0.15, -0.1) is 0 Å². The number of benzene rings is 1. The summed E-state index contributed by atoms with van der Waals surface area (Å²) in [6, 6.07) is 5.53. The van der Waals surface area contributed by atoms with Crippen molar-refractivity contribution in [3.63, 3.8) is 0 Å². The molecule has 6 heteroatoms. The summed E-state index contributed by atoms with van der Waals surface area (Å²) in [5.74, 6) is 0. The molecule has 0 aliphatic rings. The molecule has 0 saturated heterocycles. The average molecular weight is 364 g/mol. The number of carbonyl (C=O) groups is 1. The zero-order valence-corrected chi connectivity index (χ0v) is 14.9. The minimum absolute atomic E-state index is 0.553. The van der Waals surface area contributed by atoms with Crippen LogP contribution in [0.2, 0.25) is 0 Å². The zero-order valence-electron chi connectivity index (χ0n) is 13.3. The zero-order chi connectivity index (χ0) is 16.7. The lowest BCUT2D eigenvalue weighted by molar-refractivity contribution is 0.0521. The van der Waals surface area contributed by atoms with E-state index in [1.807, 2.05) is 12.1 Å². The fraction of sp³-hybridized carbons (Fsp3) is 0.438. The van der Waals surface area contributed by atoms with Crippen LogP contribution in [0, 0.1) is 6.57 Å². The molecule has 0 spiro atoms. The molecule has 0 amide bonds. The molecule has 2 aromatic rings. The van der Waals surface area contributed by atoms with Crippen LogP contribution in [0.5, 0.6) is 0 Å². The van der Waals surface area contributed by atoms with Gasteiger partial charge in [0.2, 0.25) is 0 Å². The van der Waals surface area contributed by atoms with Crippen molar-refractivity contribution in [3.05, 3.63) is 39.8 Å². The van der Waals surface area contributed by atoms with Crippen molar-refractivity contribution < 1.29 is 9.53 Å². The van der Waals surface area contributed by atoms with E-state index in [9.17, 15) is 4.79 Å². The number of hydrogen-bond donors (Lipinski definition) is 0. The van der Waals surface area contributed by atoms with Gasteiger partial charge in [-0.25, -0.2) is 11.4 Å². The molecule has 2 rings (SSSR count). The van der Waals surface area contributed by atoms with Gasteiger partial charge >= 0.3 is 6.09 Å². The number of rotatable bonds is 1. The minimum Gasteiger partial charge on any atom is -0.442 e. The Morgan fingerprint density at radius 3 is 2.50 bits per heavy atom. The Hall–Kier alpha value is -1.87. The van der Waals surface area contributed by atoms with Crippen LogP contribution in [-0.2, 0) is 10.3 Å². The van der Waals surface area contributed by atoms with Crippen molar-refractivity contribution in [1.29, 1.82) is 0 Å². The quantitative estimate of drug-likeness (QED) is 0.687. The standard InChI is InChI=1S/C16H18BrN3O2/c1-15(2,3)22-14(21)20-12-9-10(17)7-8-11(12)13(19-20)16(4,5)18-6/h7-9H,1-5H3. The van der Waals surface area contributed by atoms with Gasteiger partial charge in [0, 0.05) is 23.7 Å². The predicted molar refractivity (Wildman–Crippen MR) is 88.7 cm³/mol. The van der Waals surface area contributed by atoms with E-state index in [-0.39, 0.29) is 0 Å². The Balaban J connectivity index is 2.68. The molecule has 0 unspecified atom stereocenters. The number of ether oxygens (including phenoxy) is 1. The highest BCUT2D eigenvalue weighted by molar-refractivity contribution is 9.10. The predicted octanol–water partition coefficient (Wildman–Crippen LogP) is 4.74. The fourth-order valence-corrected chi connectivity index (χ4v) is 2.39. The lowest BCUT2D eigenvalue weighted by atomic mass is 9.99. The SMILES string of the molecule is [C-]#[N+]C(C)(C)c1nn(C(=O)OC(C)(C)C)c2cc(Br)ccc12. The number of carbonyl (C=O) groups excluding carboxylic acids is 1. The maximum absolute atomic E-state index is 12.4. The molecule has 22 heavy (non-hydrogen) atoms. The average Bonchev–Trinajstić information content (AvgIpc) is 2.76. The normalized spacial score (nSPS) is 12.2. The highest BCUT2D eigenvalue weighted by Gasteiger charge is 2.34. The molecule has 116 valence electrons. The maximum Gasteiger partial charge on any atom is 0.435 e. The van der Waals surface area contributed by atoms with Gasteiger partial charge in [0.05, 0.1) is 5.52 Å². The van der Waals surface area contributed by atoms with Crippen LogP contribution in [0.25, 0.3) is 15.7 Å². The van der Waals surface area contributed by atoms with Crippen LogP contribution in [0.1, 0.15) is 40.3 Å². The second-order valence-corrected chi connectivity index (χ2v) is 7.49. The molecule has 0 atom stereocenters. The van der Waals surface area contributed by atoms with E-state index >= 15 is 0 Å². The molecule has 0 N–H and O–H groups in total. The summed E-state index contributed by atoms with van der Waals surface area (Å²) in [5, 5.41) is 5.14.